The van der Waals surface area contributed by atoms with Gasteiger partial charge in [-0.2, -0.15) is 0 Å². The molecule has 0 aliphatic heterocycles. The summed E-state index contributed by atoms with van der Waals surface area (Å²) in [6.45, 7) is 0.819. The highest BCUT2D eigenvalue weighted by Crippen LogP contribution is 2.27. The number of hydrogen-bond donors (Lipinski definition) is 2. The van der Waals surface area contributed by atoms with Crippen LogP contribution in [-0.4, -0.2) is 13.0 Å². The van der Waals surface area contributed by atoms with E-state index in [-0.39, 0.29) is 0 Å². The van der Waals surface area contributed by atoms with E-state index in [4.69, 9.17) is 10.5 Å². The molecule has 0 heterocycles. The number of benzene rings is 2. The fourth-order valence-corrected chi connectivity index (χ4v) is 2.33. The molecule has 0 atom stereocenters. The lowest BCUT2D eigenvalue weighted by Crippen LogP contribution is -2.11. The van der Waals surface area contributed by atoms with Crippen molar-refractivity contribution >= 4 is 21.8 Å². The molecule has 104 valence electrons. The standard InChI is InChI=1S/C15H15BrN2O2/c1-18-9-10-2-4-11(5-3-10)20-12-6-7-13(15(17)19)14(16)8-12/h2-8,18H,9H2,1H3,(H2,17,19). The Bertz CT molecular complexity index is 612. The molecule has 5 heteroatoms. The number of amides is 1. The molecule has 0 aliphatic carbocycles. The molecule has 0 saturated carbocycles. The highest BCUT2D eigenvalue weighted by Gasteiger charge is 2.07. The SMILES string of the molecule is CNCc1ccc(Oc2ccc(C(N)=O)c(Br)c2)cc1. The van der Waals surface area contributed by atoms with E-state index in [1.165, 1.54) is 5.56 Å². The highest BCUT2D eigenvalue weighted by atomic mass is 79.9. The van der Waals surface area contributed by atoms with Gasteiger partial charge >= 0.3 is 0 Å². The number of ether oxygens (including phenoxy) is 1. The second kappa shape index (κ2) is 6.54. The van der Waals surface area contributed by atoms with E-state index in [1.54, 1.807) is 18.2 Å². The van der Waals surface area contributed by atoms with Crippen molar-refractivity contribution in [1.82, 2.24) is 5.32 Å². The second-order valence-electron chi connectivity index (χ2n) is 4.28. The number of carbonyl (C=O) groups excluding carboxylic acids is 1. The van der Waals surface area contributed by atoms with Crippen molar-refractivity contribution in [2.24, 2.45) is 5.73 Å². The smallest absolute Gasteiger partial charge is 0.249 e. The molecule has 2 aromatic carbocycles. The Morgan fingerprint density at radius 2 is 1.85 bits per heavy atom. The zero-order valence-corrected chi connectivity index (χ0v) is 12.6. The molecule has 20 heavy (non-hydrogen) atoms. The molecular weight excluding hydrogens is 320 g/mol. The minimum absolute atomic E-state index is 0.432. The summed E-state index contributed by atoms with van der Waals surface area (Å²) in [5, 5.41) is 3.09. The minimum atomic E-state index is -0.472. The van der Waals surface area contributed by atoms with Crippen molar-refractivity contribution in [1.29, 1.82) is 0 Å². The van der Waals surface area contributed by atoms with Crippen LogP contribution < -0.4 is 15.8 Å². The number of carbonyl (C=O) groups is 1. The van der Waals surface area contributed by atoms with Gasteiger partial charge in [0.1, 0.15) is 11.5 Å². The van der Waals surface area contributed by atoms with Gasteiger partial charge in [0.05, 0.1) is 5.56 Å². The predicted octanol–water partition coefficient (Wildman–Crippen LogP) is 3.06. The van der Waals surface area contributed by atoms with E-state index in [0.29, 0.717) is 15.8 Å². The Hall–Kier alpha value is -1.85. The molecule has 0 aliphatic rings. The molecule has 4 nitrogen and oxygen atoms in total. The molecule has 0 unspecified atom stereocenters. The van der Waals surface area contributed by atoms with Gasteiger partial charge in [0.2, 0.25) is 5.91 Å². The number of nitrogens with two attached hydrogens (primary N) is 1. The first kappa shape index (κ1) is 14.6. The molecule has 0 radical (unpaired) electrons. The maximum absolute atomic E-state index is 11.1. The van der Waals surface area contributed by atoms with E-state index in [2.05, 4.69) is 21.2 Å². The lowest BCUT2D eigenvalue weighted by molar-refractivity contribution is 0.0999. The Balaban J connectivity index is 2.13. The normalized spacial score (nSPS) is 10.3. The summed E-state index contributed by atoms with van der Waals surface area (Å²) in [5.41, 5.74) is 6.86. The van der Waals surface area contributed by atoms with Crippen LogP contribution in [0.25, 0.3) is 0 Å². The van der Waals surface area contributed by atoms with Crippen LogP contribution in [0, 0.1) is 0 Å². The van der Waals surface area contributed by atoms with Crippen molar-refractivity contribution in [2.75, 3.05) is 7.05 Å². The second-order valence-corrected chi connectivity index (χ2v) is 5.14. The van der Waals surface area contributed by atoms with E-state index in [0.717, 1.165) is 12.3 Å². The summed E-state index contributed by atoms with van der Waals surface area (Å²) in [6.07, 6.45) is 0. The van der Waals surface area contributed by atoms with Crippen LogP contribution in [-0.2, 0) is 6.54 Å². The Morgan fingerprint density at radius 3 is 2.40 bits per heavy atom. The van der Waals surface area contributed by atoms with Gasteiger partial charge in [-0.05, 0) is 58.9 Å². The first-order chi connectivity index (χ1) is 9.60. The molecule has 0 saturated heterocycles. The van der Waals surface area contributed by atoms with Crippen LogP contribution in [0.1, 0.15) is 15.9 Å². The lowest BCUT2D eigenvalue weighted by atomic mass is 10.2. The van der Waals surface area contributed by atoms with Crippen molar-refractivity contribution in [3.05, 3.63) is 58.1 Å². The van der Waals surface area contributed by atoms with Gasteiger partial charge in [-0.3, -0.25) is 4.79 Å². The van der Waals surface area contributed by atoms with Crippen molar-refractivity contribution in [3.8, 4) is 11.5 Å². The molecule has 0 aromatic heterocycles. The highest BCUT2D eigenvalue weighted by molar-refractivity contribution is 9.10. The molecule has 0 bridgehead atoms. The number of primary amides is 1. The summed E-state index contributed by atoms with van der Waals surface area (Å²) >= 11 is 3.30. The third-order valence-corrected chi connectivity index (χ3v) is 3.40. The number of halogens is 1. The van der Waals surface area contributed by atoms with Gasteiger partial charge in [-0.25, -0.2) is 0 Å². The zero-order chi connectivity index (χ0) is 14.5. The fourth-order valence-electron chi connectivity index (χ4n) is 1.77. The lowest BCUT2D eigenvalue weighted by Gasteiger charge is -2.08. The molecule has 2 rings (SSSR count). The average Bonchev–Trinajstić information content (AvgIpc) is 2.41. The van der Waals surface area contributed by atoms with Gasteiger partial charge < -0.3 is 15.8 Å². The number of rotatable bonds is 5. The number of hydrogen-bond acceptors (Lipinski definition) is 3. The Morgan fingerprint density at radius 1 is 1.20 bits per heavy atom. The van der Waals surface area contributed by atoms with Crippen LogP contribution in [0.2, 0.25) is 0 Å². The van der Waals surface area contributed by atoms with E-state index >= 15 is 0 Å². The average molecular weight is 335 g/mol. The van der Waals surface area contributed by atoms with Gasteiger partial charge in [-0.1, -0.05) is 12.1 Å². The van der Waals surface area contributed by atoms with Gasteiger partial charge in [0.25, 0.3) is 0 Å². The molecule has 3 N–H and O–H groups in total. The summed E-state index contributed by atoms with van der Waals surface area (Å²) in [7, 11) is 1.90. The first-order valence-electron chi connectivity index (χ1n) is 6.11. The van der Waals surface area contributed by atoms with Crippen LogP contribution >= 0.6 is 15.9 Å². The maximum Gasteiger partial charge on any atom is 0.249 e. The monoisotopic (exact) mass is 334 g/mol. The summed E-state index contributed by atoms with van der Waals surface area (Å²) < 4.78 is 6.34. The fraction of sp³-hybridized carbons (Fsp3) is 0.133. The van der Waals surface area contributed by atoms with E-state index in [9.17, 15) is 4.79 Å². The topological polar surface area (TPSA) is 64.3 Å². The third-order valence-electron chi connectivity index (χ3n) is 2.75. The van der Waals surface area contributed by atoms with Crippen molar-refractivity contribution < 1.29 is 9.53 Å². The Labute approximate surface area is 126 Å². The van der Waals surface area contributed by atoms with Gasteiger partial charge in [0.15, 0.2) is 0 Å². The van der Waals surface area contributed by atoms with Crippen molar-refractivity contribution in [3.63, 3.8) is 0 Å². The largest absolute Gasteiger partial charge is 0.457 e. The van der Waals surface area contributed by atoms with Crippen LogP contribution in [0.4, 0.5) is 0 Å². The van der Waals surface area contributed by atoms with Gasteiger partial charge in [0, 0.05) is 11.0 Å². The third kappa shape index (κ3) is 3.59. The van der Waals surface area contributed by atoms with Crippen LogP contribution in [0.3, 0.4) is 0 Å². The summed E-state index contributed by atoms with van der Waals surface area (Å²) in [6, 6.07) is 12.9. The Kier molecular flexibility index (Phi) is 4.76. The minimum Gasteiger partial charge on any atom is -0.457 e. The van der Waals surface area contributed by atoms with E-state index < -0.39 is 5.91 Å². The zero-order valence-electron chi connectivity index (χ0n) is 11.0. The molecule has 2 aromatic rings. The molecule has 0 spiro atoms. The molecular formula is C15H15BrN2O2. The number of nitrogens with one attached hydrogen (secondary N) is 1. The van der Waals surface area contributed by atoms with Crippen molar-refractivity contribution in [2.45, 2.75) is 6.54 Å². The predicted molar refractivity (Wildman–Crippen MR) is 81.9 cm³/mol. The van der Waals surface area contributed by atoms with Crippen LogP contribution in [0.15, 0.2) is 46.9 Å². The first-order valence-corrected chi connectivity index (χ1v) is 6.90. The molecule has 0 fully saturated rings. The summed E-state index contributed by atoms with van der Waals surface area (Å²) in [4.78, 5) is 11.1. The molecule has 1 amide bonds. The quantitative estimate of drug-likeness (QED) is 0.883. The summed E-state index contributed by atoms with van der Waals surface area (Å²) in [5.74, 6) is 0.909. The van der Waals surface area contributed by atoms with Gasteiger partial charge in [-0.15, -0.1) is 0 Å². The van der Waals surface area contributed by atoms with Crippen LogP contribution in [0.5, 0.6) is 11.5 Å². The van der Waals surface area contributed by atoms with E-state index in [1.807, 2.05) is 31.3 Å². The maximum atomic E-state index is 11.1.